The number of hydrogen-bond acceptors (Lipinski definition) is 5. The first-order valence-electron chi connectivity index (χ1n) is 8.90. The van der Waals surface area contributed by atoms with E-state index in [1.54, 1.807) is 0 Å². The molecular weight excluding hydrogens is 320 g/mol. The molecule has 0 bridgehead atoms. The van der Waals surface area contributed by atoms with Crippen molar-refractivity contribution >= 4 is 17.6 Å². The van der Waals surface area contributed by atoms with Crippen molar-refractivity contribution in [3.63, 3.8) is 0 Å². The summed E-state index contributed by atoms with van der Waals surface area (Å²) in [5.74, 6) is 0.626. The maximum Gasteiger partial charge on any atom is 0.321 e. The van der Waals surface area contributed by atoms with Gasteiger partial charge in [0.05, 0.1) is 18.8 Å². The Morgan fingerprint density at radius 1 is 1.12 bits per heavy atom. The number of amides is 3. The number of nitrogens with zero attached hydrogens (tertiary/aromatic N) is 2. The minimum Gasteiger partial charge on any atom is -0.492 e. The normalized spacial score (nSPS) is 14.9. The number of benzene rings is 1. The van der Waals surface area contributed by atoms with E-state index in [4.69, 9.17) is 4.74 Å². The van der Waals surface area contributed by atoms with Gasteiger partial charge in [-0.3, -0.25) is 15.0 Å². The van der Waals surface area contributed by atoms with E-state index in [2.05, 4.69) is 26.5 Å². The summed E-state index contributed by atoms with van der Waals surface area (Å²) in [6.45, 7) is 8.55. The van der Waals surface area contributed by atoms with Gasteiger partial charge in [-0.15, -0.1) is 0 Å². The van der Waals surface area contributed by atoms with Gasteiger partial charge in [-0.05, 0) is 25.5 Å². The highest BCUT2D eigenvalue weighted by molar-refractivity contribution is 5.95. The smallest absolute Gasteiger partial charge is 0.321 e. The van der Waals surface area contributed by atoms with E-state index in [1.165, 1.54) is 0 Å². The van der Waals surface area contributed by atoms with Crippen molar-refractivity contribution in [2.75, 3.05) is 50.8 Å². The minimum absolute atomic E-state index is 0.237. The number of urea groups is 1. The third-order valence-corrected chi connectivity index (χ3v) is 4.03. The second-order valence-corrected chi connectivity index (χ2v) is 5.97. The molecule has 1 aromatic rings. The third-order valence-electron chi connectivity index (χ3n) is 4.03. The van der Waals surface area contributed by atoms with E-state index in [9.17, 15) is 9.59 Å². The molecule has 138 valence electrons. The summed E-state index contributed by atoms with van der Waals surface area (Å²) >= 11 is 0. The lowest BCUT2D eigenvalue weighted by atomic mass is 10.2. The third kappa shape index (κ3) is 5.94. The monoisotopic (exact) mass is 348 g/mol. The van der Waals surface area contributed by atoms with Crippen molar-refractivity contribution < 1.29 is 14.3 Å². The van der Waals surface area contributed by atoms with Crippen LogP contribution in [0.2, 0.25) is 0 Å². The summed E-state index contributed by atoms with van der Waals surface area (Å²) in [4.78, 5) is 27.8. The van der Waals surface area contributed by atoms with Crippen molar-refractivity contribution in [3.8, 4) is 5.75 Å². The zero-order valence-corrected chi connectivity index (χ0v) is 15.1. The Bertz CT molecular complexity index is 571. The van der Waals surface area contributed by atoms with Crippen molar-refractivity contribution in [1.82, 2.24) is 15.5 Å². The van der Waals surface area contributed by atoms with Gasteiger partial charge in [0.25, 0.3) is 0 Å². The van der Waals surface area contributed by atoms with Gasteiger partial charge in [-0.25, -0.2) is 4.79 Å². The molecule has 1 heterocycles. The Hall–Kier alpha value is -2.28. The number of para-hydroxylation sites is 2. The van der Waals surface area contributed by atoms with Crippen LogP contribution in [0.4, 0.5) is 10.5 Å². The topological polar surface area (TPSA) is 73.9 Å². The highest BCUT2D eigenvalue weighted by atomic mass is 16.5. The zero-order chi connectivity index (χ0) is 18.1. The van der Waals surface area contributed by atoms with Gasteiger partial charge < -0.3 is 15.0 Å². The lowest BCUT2D eigenvalue weighted by Crippen LogP contribution is -2.51. The molecule has 2 rings (SSSR count). The van der Waals surface area contributed by atoms with E-state index in [-0.39, 0.29) is 12.5 Å². The van der Waals surface area contributed by atoms with Crippen molar-refractivity contribution in [2.45, 2.75) is 20.3 Å². The number of carbonyl (C=O) groups is 2. The Labute approximate surface area is 149 Å². The molecule has 1 fully saturated rings. The number of rotatable bonds is 7. The molecule has 1 aliphatic heterocycles. The summed E-state index contributed by atoms with van der Waals surface area (Å²) in [7, 11) is 0. The fourth-order valence-electron chi connectivity index (χ4n) is 2.79. The van der Waals surface area contributed by atoms with Gasteiger partial charge in [0.1, 0.15) is 5.75 Å². The molecule has 25 heavy (non-hydrogen) atoms. The molecule has 2 N–H and O–H groups in total. The fraction of sp³-hybridized carbons (Fsp3) is 0.556. The first-order chi connectivity index (χ1) is 12.1. The number of ether oxygens (including phenoxy) is 1. The van der Waals surface area contributed by atoms with Gasteiger partial charge >= 0.3 is 6.03 Å². The van der Waals surface area contributed by atoms with Crippen LogP contribution in [0.15, 0.2) is 24.3 Å². The van der Waals surface area contributed by atoms with Crippen LogP contribution < -0.4 is 20.3 Å². The zero-order valence-electron chi connectivity index (χ0n) is 15.1. The van der Waals surface area contributed by atoms with Crippen molar-refractivity contribution in [1.29, 1.82) is 0 Å². The molecule has 0 unspecified atom stereocenters. The molecule has 1 aromatic carbocycles. The molecule has 3 amide bonds. The van der Waals surface area contributed by atoms with Gasteiger partial charge in [-0.2, -0.15) is 0 Å². The van der Waals surface area contributed by atoms with Gasteiger partial charge in [0.2, 0.25) is 5.91 Å². The van der Waals surface area contributed by atoms with Crippen LogP contribution in [0.3, 0.4) is 0 Å². The Morgan fingerprint density at radius 2 is 1.84 bits per heavy atom. The molecule has 0 saturated carbocycles. The standard InChI is InChI=1S/C18H28N4O3/c1-3-9-19-18(24)20-17(23)14-21-10-12-22(13-11-21)15-7-5-6-8-16(15)25-4-2/h5-8H,3-4,9-14H2,1-2H3,(H2,19,20,23,24). The molecule has 0 atom stereocenters. The second-order valence-electron chi connectivity index (χ2n) is 5.97. The molecule has 0 aliphatic carbocycles. The molecule has 0 radical (unpaired) electrons. The molecule has 7 heteroatoms. The van der Waals surface area contributed by atoms with Crippen LogP contribution >= 0.6 is 0 Å². The van der Waals surface area contributed by atoms with Gasteiger partial charge in [-0.1, -0.05) is 19.1 Å². The number of piperazine rings is 1. The van der Waals surface area contributed by atoms with E-state index >= 15 is 0 Å². The minimum atomic E-state index is -0.420. The van der Waals surface area contributed by atoms with E-state index in [0.29, 0.717) is 13.2 Å². The van der Waals surface area contributed by atoms with Crippen molar-refractivity contribution in [3.05, 3.63) is 24.3 Å². The average Bonchev–Trinajstić information content (AvgIpc) is 2.61. The number of nitrogens with one attached hydrogen (secondary N) is 2. The highest BCUT2D eigenvalue weighted by Gasteiger charge is 2.21. The van der Waals surface area contributed by atoms with Crippen LogP contribution in [0.1, 0.15) is 20.3 Å². The van der Waals surface area contributed by atoms with E-state index in [1.807, 2.05) is 32.0 Å². The van der Waals surface area contributed by atoms with Crippen LogP contribution in [-0.2, 0) is 4.79 Å². The SMILES string of the molecule is CCCNC(=O)NC(=O)CN1CCN(c2ccccc2OCC)CC1. The predicted molar refractivity (Wildman–Crippen MR) is 98.1 cm³/mol. The summed E-state index contributed by atoms with van der Waals surface area (Å²) in [5.41, 5.74) is 1.09. The number of carbonyl (C=O) groups excluding carboxylic acids is 2. The van der Waals surface area contributed by atoms with Crippen LogP contribution in [0.25, 0.3) is 0 Å². The molecule has 0 aromatic heterocycles. The number of imide groups is 1. The molecule has 0 spiro atoms. The predicted octanol–water partition coefficient (Wildman–Crippen LogP) is 1.44. The van der Waals surface area contributed by atoms with Crippen molar-refractivity contribution in [2.24, 2.45) is 0 Å². The largest absolute Gasteiger partial charge is 0.492 e. The Kier molecular flexibility index (Phi) is 7.53. The Balaban J connectivity index is 1.80. The lowest BCUT2D eigenvalue weighted by Gasteiger charge is -2.36. The Morgan fingerprint density at radius 3 is 2.52 bits per heavy atom. The average molecular weight is 348 g/mol. The summed E-state index contributed by atoms with van der Waals surface area (Å²) in [5, 5.41) is 5.00. The van der Waals surface area contributed by atoms with Crippen LogP contribution in [0, 0.1) is 0 Å². The first kappa shape index (κ1) is 19.1. The van der Waals surface area contributed by atoms with Gasteiger partial charge in [0, 0.05) is 32.7 Å². The van der Waals surface area contributed by atoms with Crippen LogP contribution in [-0.4, -0.2) is 62.7 Å². The first-order valence-corrected chi connectivity index (χ1v) is 8.90. The maximum atomic E-state index is 11.9. The summed E-state index contributed by atoms with van der Waals surface area (Å²) in [6, 6.07) is 7.60. The number of anilines is 1. The summed E-state index contributed by atoms with van der Waals surface area (Å²) in [6.07, 6.45) is 0.840. The van der Waals surface area contributed by atoms with E-state index in [0.717, 1.165) is 44.0 Å². The van der Waals surface area contributed by atoms with E-state index < -0.39 is 6.03 Å². The fourth-order valence-corrected chi connectivity index (χ4v) is 2.79. The number of hydrogen-bond donors (Lipinski definition) is 2. The molecule has 1 aliphatic rings. The molecular formula is C18H28N4O3. The molecule has 7 nitrogen and oxygen atoms in total. The maximum absolute atomic E-state index is 11.9. The highest BCUT2D eigenvalue weighted by Crippen LogP contribution is 2.28. The van der Waals surface area contributed by atoms with Gasteiger partial charge in [0.15, 0.2) is 0 Å². The van der Waals surface area contributed by atoms with Crippen LogP contribution in [0.5, 0.6) is 5.75 Å². The second kappa shape index (κ2) is 9.88. The quantitative estimate of drug-likeness (QED) is 0.780. The summed E-state index contributed by atoms with van der Waals surface area (Å²) < 4.78 is 5.69. The molecule has 1 saturated heterocycles. The lowest BCUT2D eigenvalue weighted by molar-refractivity contribution is -0.121.